The van der Waals surface area contributed by atoms with E-state index in [1.165, 1.54) is 27.7 Å². The van der Waals surface area contributed by atoms with E-state index in [-0.39, 0.29) is 0 Å². The van der Waals surface area contributed by atoms with Crippen LogP contribution in [0, 0.1) is 13.8 Å². The lowest BCUT2D eigenvalue weighted by molar-refractivity contribution is 0.625. The topological polar surface area (TPSA) is 45.6 Å². The number of H-pyrrole nitrogens is 1. The molecule has 2 aromatic heterocycles. The van der Waals surface area contributed by atoms with Crippen molar-refractivity contribution >= 4 is 10.9 Å². The highest BCUT2D eigenvalue weighted by Gasteiger charge is 2.04. The Morgan fingerprint density at radius 1 is 1.24 bits per heavy atom. The molecule has 0 spiro atoms. The van der Waals surface area contributed by atoms with Crippen molar-refractivity contribution in [1.29, 1.82) is 0 Å². The van der Waals surface area contributed by atoms with E-state index in [0.29, 0.717) is 0 Å². The fourth-order valence-electron chi connectivity index (χ4n) is 2.77. The van der Waals surface area contributed by atoms with E-state index in [4.69, 9.17) is 0 Å². The Morgan fingerprint density at radius 3 is 2.86 bits per heavy atom. The molecule has 21 heavy (non-hydrogen) atoms. The van der Waals surface area contributed by atoms with Gasteiger partial charge >= 0.3 is 0 Å². The lowest BCUT2D eigenvalue weighted by Gasteiger charge is -2.05. The second-order valence-electron chi connectivity index (χ2n) is 5.69. The molecule has 0 aliphatic heterocycles. The highest BCUT2D eigenvalue weighted by atomic mass is 15.3. The van der Waals surface area contributed by atoms with E-state index >= 15 is 0 Å². The van der Waals surface area contributed by atoms with Gasteiger partial charge in [-0.1, -0.05) is 11.6 Å². The molecule has 110 valence electrons. The van der Waals surface area contributed by atoms with E-state index in [2.05, 4.69) is 52.8 Å². The minimum absolute atomic E-state index is 0.860. The molecule has 0 atom stereocenters. The summed E-state index contributed by atoms with van der Waals surface area (Å²) in [7, 11) is 1.99. The van der Waals surface area contributed by atoms with Gasteiger partial charge in [0.2, 0.25) is 0 Å². The van der Waals surface area contributed by atoms with Gasteiger partial charge in [-0.05, 0) is 50.6 Å². The minimum atomic E-state index is 0.860. The summed E-state index contributed by atoms with van der Waals surface area (Å²) in [5.41, 5.74) is 6.20. The fourth-order valence-corrected chi connectivity index (χ4v) is 2.77. The molecule has 0 radical (unpaired) electrons. The van der Waals surface area contributed by atoms with Gasteiger partial charge < -0.3 is 10.3 Å². The van der Waals surface area contributed by atoms with Crippen LogP contribution in [0.2, 0.25) is 0 Å². The van der Waals surface area contributed by atoms with Crippen LogP contribution in [0.5, 0.6) is 0 Å². The van der Waals surface area contributed by atoms with Crippen LogP contribution < -0.4 is 5.32 Å². The third-order valence-electron chi connectivity index (χ3n) is 3.90. The molecule has 0 unspecified atom stereocenters. The van der Waals surface area contributed by atoms with Gasteiger partial charge in [-0.3, -0.25) is 4.68 Å². The largest absolute Gasteiger partial charge is 0.361 e. The fraction of sp³-hybridized carbons (Fsp3) is 0.353. The molecule has 4 heteroatoms. The maximum atomic E-state index is 4.36. The molecule has 0 aliphatic rings. The number of nitrogens with zero attached hydrogens (tertiary/aromatic N) is 2. The predicted molar refractivity (Wildman–Crippen MR) is 86.4 cm³/mol. The first kappa shape index (κ1) is 13.9. The van der Waals surface area contributed by atoms with Crippen molar-refractivity contribution in [2.24, 2.45) is 7.05 Å². The van der Waals surface area contributed by atoms with Crippen LogP contribution in [0.4, 0.5) is 0 Å². The van der Waals surface area contributed by atoms with Crippen molar-refractivity contribution in [3.8, 4) is 0 Å². The van der Waals surface area contributed by atoms with Crippen molar-refractivity contribution in [2.75, 3.05) is 6.54 Å². The van der Waals surface area contributed by atoms with Crippen LogP contribution in [0.1, 0.15) is 22.5 Å². The highest BCUT2D eigenvalue weighted by molar-refractivity contribution is 5.83. The van der Waals surface area contributed by atoms with Crippen molar-refractivity contribution < 1.29 is 0 Å². The molecule has 1 aromatic carbocycles. The second kappa shape index (κ2) is 5.74. The molecule has 0 saturated carbocycles. The minimum Gasteiger partial charge on any atom is -0.361 e. The summed E-state index contributed by atoms with van der Waals surface area (Å²) in [6.07, 6.45) is 3.15. The van der Waals surface area contributed by atoms with Crippen LogP contribution in [0.25, 0.3) is 10.9 Å². The summed E-state index contributed by atoms with van der Waals surface area (Å²) in [6.45, 7) is 5.99. The molecule has 0 aliphatic carbocycles. The number of fused-ring (bicyclic) bond motifs is 1. The summed E-state index contributed by atoms with van der Waals surface area (Å²) >= 11 is 0. The summed E-state index contributed by atoms with van der Waals surface area (Å²) in [4.78, 5) is 3.34. The Labute approximate surface area is 125 Å². The van der Waals surface area contributed by atoms with Gasteiger partial charge in [0, 0.05) is 30.7 Å². The zero-order valence-electron chi connectivity index (χ0n) is 12.9. The summed E-state index contributed by atoms with van der Waals surface area (Å²) in [6, 6.07) is 8.68. The van der Waals surface area contributed by atoms with Gasteiger partial charge in [-0.25, -0.2) is 0 Å². The van der Waals surface area contributed by atoms with E-state index in [1.54, 1.807) is 0 Å². The molecular formula is C17H22N4. The van der Waals surface area contributed by atoms with E-state index in [9.17, 15) is 0 Å². The number of benzene rings is 1. The number of hydrogen-bond acceptors (Lipinski definition) is 2. The first-order valence-electron chi connectivity index (χ1n) is 7.40. The quantitative estimate of drug-likeness (QED) is 0.707. The number of rotatable bonds is 5. The predicted octanol–water partition coefficient (Wildman–Crippen LogP) is 2.85. The average molecular weight is 282 g/mol. The highest BCUT2D eigenvalue weighted by Crippen LogP contribution is 2.19. The SMILES string of the molecule is Cc1ccc2[nH]cc(CCNCc3cc(C)nn3C)c2c1. The molecule has 0 saturated heterocycles. The Morgan fingerprint density at radius 2 is 2.10 bits per heavy atom. The molecule has 0 fully saturated rings. The molecule has 3 rings (SSSR count). The van der Waals surface area contributed by atoms with Gasteiger partial charge in [0.1, 0.15) is 0 Å². The molecule has 2 N–H and O–H groups in total. The van der Waals surface area contributed by atoms with E-state index in [0.717, 1.165) is 25.2 Å². The summed E-state index contributed by atoms with van der Waals surface area (Å²) < 4.78 is 1.94. The number of aromatic amines is 1. The zero-order chi connectivity index (χ0) is 14.8. The van der Waals surface area contributed by atoms with Crippen LogP contribution in [0.3, 0.4) is 0 Å². The third-order valence-corrected chi connectivity index (χ3v) is 3.90. The zero-order valence-corrected chi connectivity index (χ0v) is 12.9. The smallest absolute Gasteiger partial charge is 0.0597 e. The Kier molecular flexibility index (Phi) is 3.80. The van der Waals surface area contributed by atoms with Crippen molar-refractivity contribution in [1.82, 2.24) is 20.1 Å². The molecule has 4 nitrogen and oxygen atoms in total. The standard InChI is InChI=1S/C17H22N4/c1-12-4-5-17-16(8-12)14(10-19-17)6-7-18-11-15-9-13(2)20-21(15)3/h4-5,8-10,18-19H,6-7,11H2,1-3H3. The summed E-state index contributed by atoms with van der Waals surface area (Å²) in [5.74, 6) is 0. The third kappa shape index (κ3) is 3.00. The van der Waals surface area contributed by atoms with Crippen LogP contribution in [-0.2, 0) is 20.0 Å². The number of aromatic nitrogens is 3. The first-order valence-corrected chi connectivity index (χ1v) is 7.40. The maximum absolute atomic E-state index is 4.36. The van der Waals surface area contributed by atoms with Gasteiger partial charge in [-0.15, -0.1) is 0 Å². The van der Waals surface area contributed by atoms with Gasteiger partial charge in [0.15, 0.2) is 0 Å². The summed E-state index contributed by atoms with van der Waals surface area (Å²) in [5, 5.41) is 9.20. The van der Waals surface area contributed by atoms with Crippen molar-refractivity contribution in [2.45, 2.75) is 26.8 Å². The van der Waals surface area contributed by atoms with E-state index < -0.39 is 0 Å². The normalized spacial score (nSPS) is 11.4. The molecule has 0 amide bonds. The van der Waals surface area contributed by atoms with Crippen molar-refractivity contribution in [3.63, 3.8) is 0 Å². The lowest BCUT2D eigenvalue weighted by Crippen LogP contribution is -2.18. The van der Waals surface area contributed by atoms with Crippen molar-refractivity contribution in [3.05, 3.63) is 53.0 Å². The maximum Gasteiger partial charge on any atom is 0.0597 e. The number of hydrogen-bond donors (Lipinski definition) is 2. The Balaban J connectivity index is 1.59. The molecular weight excluding hydrogens is 260 g/mol. The van der Waals surface area contributed by atoms with Gasteiger partial charge in [0.25, 0.3) is 0 Å². The average Bonchev–Trinajstić information content (AvgIpc) is 2.98. The van der Waals surface area contributed by atoms with Gasteiger partial charge in [-0.2, -0.15) is 5.10 Å². The molecule has 2 heterocycles. The van der Waals surface area contributed by atoms with Gasteiger partial charge in [0.05, 0.1) is 11.4 Å². The molecule has 0 bridgehead atoms. The van der Waals surface area contributed by atoms with Crippen LogP contribution in [-0.4, -0.2) is 21.3 Å². The number of nitrogens with one attached hydrogen (secondary N) is 2. The number of aryl methyl sites for hydroxylation is 3. The van der Waals surface area contributed by atoms with Crippen LogP contribution >= 0.6 is 0 Å². The van der Waals surface area contributed by atoms with E-state index in [1.807, 2.05) is 18.7 Å². The Hall–Kier alpha value is -2.07. The Bertz CT molecular complexity index is 751. The second-order valence-corrected chi connectivity index (χ2v) is 5.69. The first-order chi connectivity index (χ1) is 10.1. The molecule has 3 aromatic rings. The monoisotopic (exact) mass is 282 g/mol. The lowest BCUT2D eigenvalue weighted by atomic mass is 10.1. The van der Waals surface area contributed by atoms with Crippen LogP contribution in [0.15, 0.2) is 30.5 Å².